The molecule has 0 spiro atoms. The molecule has 1 aromatic carbocycles. The molecule has 0 saturated heterocycles. The smallest absolute Gasteiger partial charge is 0.224 e. The largest absolute Gasteiger partial charge is 0.394 e. The van der Waals surface area contributed by atoms with Crippen LogP contribution in [0.15, 0.2) is 36.5 Å². The average Bonchev–Trinajstić information content (AvgIpc) is 2.49. The maximum Gasteiger partial charge on any atom is 0.224 e. The molecule has 0 fully saturated rings. The van der Waals surface area contributed by atoms with Crippen LogP contribution in [0.1, 0.15) is 11.1 Å². The Labute approximate surface area is 119 Å². The van der Waals surface area contributed by atoms with Crippen LogP contribution in [-0.4, -0.2) is 34.8 Å². The van der Waals surface area contributed by atoms with Crippen LogP contribution < -0.4 is 10.6 Å². The number of nitrogens with zero attached hydrogens (tertiary/aromatic N) is 2. The third-order valence-corrected chi connectivity index (χ3v) is 3.08. The summed E-state index contributed by atoms with van der Waals surface area (Å²) >= 11 is 0. The summed E-state index contributed by atoms with van der Waals surface area (Å²) in [5.74, 6) is 1.31. The average molecular weight is 272 g/mol. The maximum absolute atomic E-state index is 9.54. The van der Waals surface area contributed by atoms with Crippen molar-refractivity contribution >= 4 is 11.8 Å². The van der Waals surface area contributed by atoms with Crippen molar-refractivity contribution in [1.82, 2.24) is 9.97 Å². The van der Waals surface area contributed by atoms with Gasteiger partial charge in [0.25, 0.3) is 0 Å². The summed E-state index contributed by atoms with van der Waals surface area (Å²) in [6.45, 7) is 1.99. The van der Waals surface area contributed by atoms with Gasteiger partial charge in [-0.1, -0.05) is 30.3 Å². The van der Waals surface area contributed by atoms with E-state index in [1.807, 2.05) is 25.1 Å². The van der Waals surface area contributed by atoms with Crippen molar-refractivity contribution in [1.29, 1.82) is 0 Å². The predicted molar refractivity (Wildman–Crippen MR) is 81.0 cm³/mol. The predicted octanol–water partition coefficient (Wildman–Crippen LogP) is 1.84. The maximum atomic E-state index is 9.54. The highest BCUT2D eigenvalue weighted by Crippen LogP contribution is 2.15. The summed E-state index contributed by atoms with van der Waals surface area (Å²) in [5.41, 5.74) is 2.13. The lowest BCUT2D eigenvalue weighted by molar-refractivity contribution is 0.273. The zero-order valence-electron chi connectivity index (χ0n) is 11.8. The highest BCUT2D eigenvalue weighted by molar-refractivity contribution is 5.47. The van der Waals surface area contributed by atoms with E-state index in [1.165, 1.54) is 5.56 Å². The summed E-state index contributed by atoms with van der Waals surface area (Å²) in [6.07, 6.45) is 2.51. The minimum absolute atomic E-state index is 0.0488. The van der Waals surface area contributed by atoms with Crippen LogP contribution in [0.25, 0.3) is 0 Å². The second-order valence-corrected chi connectivity index (χ2v) is 4.69. The van der Waals surface area contributed by atoms with Crippen LogP contribution in [0.5, 0.6) is 0 Å². The van der Waals surface area contributed by atoms with E-state index in [9.17, 15) is 5.11 Å². The fourth-order valence-corrected chi connectivity index (χ4v) is 1.96. The molecular formula is C15H20N4O. The van der Waals surface area contributed by atoms with Gasteiger partial charge in [0.05, 0.1) is 12.6 Å². The number of nitrogens with one attached hydrogen (secondary N) is 2. The molecule has 1 unspecified atom stereocenters. The Morgan fingerprint density at radius 1 is 1.25 bits per heavy atom. The van der Waals surface area contributed by atoms with Crippen LogP contribution in [0.3, 0.4) is 0 Å². The molecule has 1 heterocycles. The molecular weight excluding hydrogens is 252 g/mol. The fraction of sp³-hybridized carbons (Fsp3) is 0.333. The molecule has 0 bridgehead atoms. The van der Waals surface area contributed by atoms with Crippen molar-refractivity contribution in [2.24, 2.45) is 0 Å². The summed E-state index contributed by atoms with van der Waals surface area (Å²) in [5, 5.41) is 15.7. The van der Waals surface area contributed by atoms with Gasteiger partial charge < -0.3 is 15.7 Å². The van der Waals surface area contributed by atoms with Gasteiger partial charge in [-0.05, 0) is 18.9 Å². The minimum Gasteiger partial charge on any atom is -0.394 e. The van der Waals surface area contributed by atoms with Crippen LogP contribution in [-0.2, 0) is 6.42 Å². The summed E-state index contributed by atoms with van der Waals surface area (Å²) in [7, 11) is 1.78. The van der Waals surface area contributed by atoms with E-state index in [0.717, 1.165) is 17.8 Å². The molecule has 0 radical (unpaired) electrons. The second-order valence-electron chi connectivity index (χ2n) is 4.69. The normalized spacial score (nSPS) is 11.9. The molecule has 0 aliphatic heterocycles. The monoisotopic (exact) mass is 272 g/mol. The van der Waals surface area contributed by atoms with Crippen molar-refractivity contribution in [2.45, 2.75) is 19.4 Å². The van der Waals surface area contributed by atoms with E-state index in [4.69, 9.17) is 0 Å². The van der Waals surface area contributed by atoms with E-state index in [1.54, 1.807) is 13.2 Å². The first-order valence-corrected chi connectivity index (χ1v) is 6.65. The lowest BCUT2D eigenvalue weighted by Gasteiger charge is -2.18. The number of aliphatic hydroxyl groups excluding tert-OH is 1. The minimum atomic E-state index is -0.0734. The van der Waals surface area contributed by atoms with E-state index in [0.29, 0.717) is 5.95 Å². The van der Waals surface area contributed by atoms with Gasteiger partial charge in [0.2, 0.25) is 5.95 Å². The highest BCUT2D eigenvalue weighted by Gasteiger charge is 2.11. The van der Waals surface area contributed by atoms with Crippen molar-refractivity contribution in [3.05, 3.63) is 47.7 Å². The Kier molecular flexibility index (Phi) is 4.90. The van der Waals surface area contributed by atoms with E-state index in [2.05, 4.69) is 32.7 Å². The number of benzene rings is 1. The first-order valence-electron chi connectivity index (χ1n) is 6.65. The first kappa shape index (κ1) is 14.3. The third kappa shape index (κ3) is 3.68. The third-order valence-electron chi connectivity index (χ3n) is 3.08. The molecule has 2 rings (SSSR count). The van der Waals surface area contributed by atoms with Gasteiger partial charge in [0.1, 0.15) is 5.82 Å². The Hall–Kier alpha value is -2.14. The van der Waals surface area contributed by atoms with Crippen molar-refractivity contribution < 1.29 is 5.11 Å². The number of anilines is 2. The SMILES string of the molecule is CNc1ncc(C)c(NC(CO)Cc2ccccc2)n1. The van der Waals surface area contributed by atoms with Gasteiger partial charge in [0, 0.05) is 18.8 Å². The van der Waals surface area contributed by atoms with Gasteiger partial charge in [-0.15, -0.1) is 0 Å². The summed E-state index contributed by atoms with van der Waals surface area (Å²) in [6, 6.07) is 10.0. The second kappa shape index (κ2) is 6.86. The molecule has 2 aromatic rings. The lowest BCUT2D eigenvalue weighted by Crippen LogP contribution is -2.27. The van der Waals surface area contributed by atoms with Crippen molar-refractivity contribution in [3.63, 3.8) is 0 Å². The number of hydrogen-bond donors (Lipinski definition) is 3. The van der Waals surface area contributed by atoms with Crippen LogP contribution in [0.4, 0.5) is 11.8 Å². The fourth-order valence-electron chi connectivity index (χ4n) is 1.96. The van der Waals surface area contributed by atoms with Gasteiger partial charge in [0.15, 0.2) is 0 Å². The molecule has 0 amide bonds. The number of hydrogen-bond acceptors (Lipinski definition) is 5. The molecule has 5 heteroatoms. The first-order chi connectivity index (χ1) is 9.72. The van der Waals surface area contributed by atoms with Crippen molar-refractivity contribution in [3.8, 4) is 0 Å². The van der Waals surface area contributed by atoms with E-state index in [-0.39, 0.29) is 12.6 Å². The lowest BCUT2D eigenvalue weighted by atomic mass is 10.1. The zero-order valence-corrected chi connectivity index (χ0v) is 11.8. The molecule has 1 atom stereocenters. The van der Waals surface area contributed by atoms with E-state index < -0.39 is 0 Å². The Bertz CT molecular complexity index is 545. The van der Waals surface area contributed by atoms with Gasteiger partial charge in [-0.3, -0.25) is 0 Å². The Morgan fingerprint density at radius 2 is 2.00 bits per heavy atom. The molecule has 0 aliphatic rings. The van der Waals surface area contributed by atoms with Crippen LogP contribution in [0.2, 0.25) is 0 Å². The van der Waals surface area contributed by atoms with Gasteiger partial charge in [-0.2, -0.15) is 4.98 Å². The Balaban J connectivity index is 2.10. The summed E-state index contributed by atoms with van der Waals surface area (Å²) < 4.78 is 0. The number of aryl methyl sites for hydroxylation is 1. The Morgan fingerprint density at radius 3 is 2.65 bits per heavy atom. The molecule has 3 N–H and O–H groups in total. The quantitative estimate of drug-likeness (QED) is 0.748. The molecule has 20 heavy (non-hydrogen) atoms. The highest BCUT2D eigenvalue weighted by atomic mass is 16.3. The topological polar surface area (TPSA) is 70.1 Å². The molecule has 5 nitrogen and oxygen atoms in total. The zero-order chi connectivity index (χ0) is 14.4. The van der Waals surface area contributed by atoms with Crippen LogP contribution >= 0.6 is 0 Å². The molecule has 106 valence electrons. The van der Waals surface area contributed by atoms with Gasteiger partial charge >= 0.3 is 0 Å². The molecule has 1 aromatic heterocycles. The number of aliphatic hydroxyl groups is 1. The molecule has 0 saturated carbocycles. The van der Waals surface area contributed by atoms with E-state index >= 15 is 0 Å². The number of rotatable bonds is 6. The van der Waals surface area contributed by atoms with Crippen LogP contribution in [0, 0.1) is 6.92 Å². The summed E-state index contributed by atoms with van der Waals surface area (Å²) in [4.78, 5) is 8.53. The van der Waals surface area contributed by atoms with Crippen molar-refractivity contribution in [2.75, 3.05) is 24.3 Å². The standard InChI is InChI=1S/C15H20N4O/c1-11-9-17-15(16-2)19-14(11)18-13(10-20)8-12-6-4-3-5-7-12/h3-7,9,13,20H,8,10H2,1-2H3,(H2,16,17,18,19). The molecule has 0 aliphatic carbocycles. The van der Waals surface area contributed by atoms with Gasteiger partial charge in [-0.25, -0.2) is 4.98 Å². The number of aromatic nitrogens is 2.